The summed E-state index contributed by atoms with van der Waals surface area (Å²) in [5.41, 5.74) is 1.55. The van der Waals surface area contributed by atoms with E-state index in [2.05, 4.69) is 9.97 Å². The van der Waals surface area contributed by atoms with Gasteiger partial charge in [0.05, 0.1) is 31.8 Å². The number of H-pyrrole nitrogens is 1. The van der Waals surface area contributed by atoms with Crippen molar-refractivity contribution in [3.8, 4) is 17.2 Å². The van der Waals surface area contributed by atoms with Gasteiger partial charge in [0.15, 0.2) is 17.3 Å². The fraction of sp³-hybridized carbons (Fsp3) is 0.333. The van der Waals surface area contributed by atoms with Gasteiger partial charge < -0.3 is 29.2 Å². The molecule has 29 heavy (non-hydrogen) atoms. The summed E-state index contributed by atoms with van der Waals surface area (Å²) in [6, 6.07) is 12.7. The quantitative estimate of drug-likeness (QED) is 0.685. The average molecular weight is 397 g/mol. The van der Waals surface area contributed by atoms with E-state index in [9.17, 15) is 9.90 Å². The summed E-state index contributed by atoms with van der Waals surface area (Å²) in [6.45, 7) is 0.638. The van der Waals surface area contributed by atoms with Crippen molar-refractivity contribution in [2.24, 2.45) is 0 Å². The molecule has 0 unspecified atom stereocenters. The lowest BCUT2D eigenvalue weighted by Gasteiger charge is -2.35. The number of nitrogens with one attached hydrogen (secondary N) is 1. The van der Waals surface area contributed by atoms with Crippen LogP contribution < -0.4 is 14.2 Å². The topological polar surface area (TPSA) is 96.9 Å². The Kier molecular flexibility index (Phi) is 5.26. The van der Waals surface area contributed by atoms with Gasteiger partial charge in [-0.15, -0.1) is 0 Å². The molecule has 2 atom stereocenters. The van der Waals surface area contributed by atoms with Crippen LogP contribution in [-0.4, -0.2) is 65.4 Å². The van der Waals surface area contributed by atoms with Crippen LogP contribution in [0.3, 0.4) is 0 Å². The fourth-order valence-corrected chi connectivity index (χ4v) is 3.50. The average Bonchev–Trinajstić information content (AvgIpc) is 3.18. The van der Waals surface area contributed by atoms with Crippen molar-refractivity contribution in [2.45, 2.75) is 18.6 Å². The lowest BCUT2D eigenvalue weighted by Crippen LogP contribution is -2.51. The van der Waals surface area contributed by atoms with Crippen LogP contribution in [0.5, 0.6) is 17.2 Å². The highest BCUT2D eigenvalue weighted by atomic mass is 16.5. The van der Waals surface area contributed by atoms with Crippen molar-refractivity contribution in [1.29, 1.82) is 0 Å². The largest absolute Gasteiger partial charge is 0.493 e. The molecule has 0 radical (unpaired) electrons. The SMILES string of the molecule is COc1ccc(O[C@@H]2CCN(C(=O)c3nc4ccccc4[nH]3)C[C@H]2O)cc1OC. The zero-order valence-electron chi connectivity index (χ0n) is 16.3. The molecule has 1 amide bonds. The van der Waals surface area contributed by atoms with Crippen molar-refractivity contribution >= 4 is 16.9 Å². The van der Waals surface area contributed by atoms with Crippen LogP contribution in [0.25, 0.3) is 11.0 Å². The predicted octanol–water partition coefficient (Wildman–Crippen LogP) is 2.23. The Balaban J connectivity index is 1.42. The third kappa shape index (κ3) is 3.84. The van der Waals surface area contributed by atoms with Crippen LogP contribution in [0.4, 0.5) is 0 Å². The number of ether oxygens (including phenoxy) is 3. The number of piperidine rings is 1. The van der Waals surface area contributed by atoms with Crippen molar-refractivity contribution in [3.05, 3.63) is 48.3 Å². The van der Waals surface area contributed by atoms with Crippen LogP contribution in [0.2, 0.25) is 0 Å². The van der Waals surface area contributed by atoms with Gasteiger partial charge in [-0.2, -0.15) is 0 Å². The number of hydrogen-bond donors (Lipinski definition) is 2. The van der Waals surface area contributed by atoms with Gasteiger partial charge in [0.1, 0.15) is 18.0 Å². The number of aromatic nitrogens is 2. The van der Waals surface area contributed by atoms with E-state index in [0.29, 0.717) is 30.2 Å². The normalized spacial score (nSPS) is 19.2. The molecule has 1 aromatic heterocycles. The van der Waals surface area contributed by atoms with E-state index >= 15 is 0 Å². The van der Waals surface area contributed by atoms with Gasteiger partial charge in [-0.05, 0) is 24.3 Å². The number of likely N-dealkylation sites (tertiary alicyclic amines) is 1. The van der Waals surface area contributed by atoms with Gasteiger partial charge in [-0.25, -0.2) is 4.98 Å². The van der Waals surface area contributed by atoms with Gasteiger partial charge in [-0.3, -0.25) is 4.79 Å². The number of aromatic amines is 1. The predicted molar refractivity (Wildman–Crippen MR) is 107 cm³/mol. The highest BCUT2D eigenvalue weighted by Gasteiger charge is 2.33. The molecular formula is C21H23N3O5. The van der Waals surface area contributed by atoms with Crippen LogP contribution >= 0.6 is 0 Å². The summed E-state index contributed by atoms with van der Waals surface area (Å²) >= 11 is 0. The van der Waals surface area contributed by atoms with E-state index in [1.165, 1.54) is 0 Å². The van der Waals surface area contributed by atoms with Gasteiger partial charge in [0.25, 0.3) is 5.91 Å². The number of carbonyl (C=O) groups is 1. The number of aliphatic hydroxyl groups excluding tert-OH is 1. The first-order valence-corrected chi connectivity index (χ1v) is 9.40. The summed E-state index contributed by atoms with van der Waals surface area (Å²) < 4.78 is 16.5. The van der Waals surface area contributed by atoms with Crippen LogP contribution in [0, 0.1) is 0 Å². The highest BCUT2D eigenvalue weighted by Crippen LogP contribution is 2.32. The smallest absolute Gasteiger partial charge is 0.289 e. The molecule has 8 nitrogen and oxygen atoms in total. The first kappa shape index (κ1) is 19.1. The molecule has 1 aliphatic heterocycles. The molecule has 3 aromatic rings. The highest BCUT2D eigenvalue weighted by molar-refractivity contribution is 5.94. The Bertz CT molecular complexity index is 985. The molecule has 4 rings (SSSR count). The van der Waals surface area contributed by atoms with E-state index in [4.69, 9.17) is 14.2 Å². The number of methoxy groups -OCH3 is 2. The number of hydrogen-bond acceptors (Lipinski definition) is 6. The van der Waals surface area contributed by atoms with E-state index < -0.39 is 12.2 Å². The van der Waals surface area contributed by atoms with Gasteiger partial charge in [0, 0.05) is 19.0 Å². The molecule has 2 aromatic carbocycles. The Hall–Kier alpha value is -3.26. The van der Waals surface area contributed by atoms with Crippen LogP contribution in [0.15, 0.2) is 42.5 Å². The van der Waals surface area contributed by atoms with Crippen molar-refractivity contribution in [2.75, 3.05) is 27.3 Å². The number of fused-ring (bicyclic) bond motifs is 1. The first-order valence-electron chi connectivity index (χ1n) is 9.40. The number of para-hydroxylation sites is 2. The maximum Gasteiger partial charge on any atom is 0.289 e. The Labute approximate surface area is 168 Å². The summed E-state index contributed by atoms with van der Waals surface area (Å²) in [4.78, 5) is 21.8. The van der Waals surface area contributed by atoms with Crippen molar-refractivity contribution in [1.82, 2.24) is 14.9 Å². The van der Waals surface area contributed by atoms with E-state index in [-0.39, 0.29) is 18.3 Å². The van der Waals surface area contributed by atoms with E-state index in [1.54, 1.807) is 37.3 Å². The number of imidazole rings is 1. The van der Waals surface area contributed by atoms with E-state index in [1.807, 2.05) is 24.3 Å². The standard InChI is InChI=1S/C21H23N3O5/c1-27-18-8-7-13(11-19(18)28-2)29-17-9-10-24(12-16(17)25)21(26)20-22-14-5-3-4-6-15(14)23-20/h3-8,11,16-17,25H,9-10,12H2,1-2H3,(H,22,23)/t16-,17-/m1/s1. The van der Waals surface area contributed by atoms with Crippen molar-refractivity contribution in [3.63, 3.8) is 0 Å². The van der Waals surface area contributed by atoms with E-state index in [0.717, 1.165) is 11.0 Å². The lowest BCUT2D eigenvalue weighted by atomic mass is 10.0. The molecule has 0 saturated carbocycles. The third-order valence-corrected chi connectivity index (χ3v) is 5.04. The minimum atomic E-state index is -0.815. The Morgan fingerprint density at radius 2 is 1.97 bits per heavy atom. The summed E-state index contributed by atoms with van der Waals surface area (Å²) in [6.07, 6.45) is -0.736. The number of nitrogens with zero attached hydrogens (tertiary/aromatic N) is 2. The Morgan fingerprint density at radius 1 is 1.17 bits per heavy atom. The van der Waals surface area contributed by atoms with Gasteiger partial charge >= 0.3 is 0 Å². The van der Waals surface area contributed by atoms with Crippen LogP contribution in [0.1, 0.15) is 17.0 Å². The van der Waals surface area contributed by atoms with Crippen molar-refractivity contribution < 1.29 is 24.1 Å². The summed E-state index contributed by atoms with van der Waals surface area (Å²) in [5.74, 6) is 1.77. The van der Waals surface area contributed by atoms with Gasteiger partial charge in [0.2, 0.25) is 0 Å². The third-order valence-electron chi connectivity index (χ3n) is 5.04. The second kappa shape index (κ2) is 8.00. The molecule has 1 saturated heterocycles. The molecule has 0 aliphatic carbocycles. The molecule has 0 bridgehead atoms. The number of benzene rings is 2. The molecule has 152 valence electrons. The second-order valence-corrected chi connectivity index (χ2v) is 6.88. The number of rotatable bonds is 5. The molecule has 2 heterocycles. The molecular weight excluding hydrogens is 374 g/mol. The summed E-state index contributed by atoms with van der Waals surface area (Å²) in [5, 5.41) is 10.6. The minimum absolute atomic E-state index is 0.174. The lowest BCUT2D eigenvalue weighted by molar-refractivity contribution is -0.0202. The van der Waals surface area contributed by atoms with Crippen LogP contribution in [-0.2, 0) is 0 Å². The maximum absolute atomic E-state index is 12.8. The number of β-amino-alcohol motifs (C(OH)–C–C–N with tert-alkyl or cyclic N) is 1. The molecule has 1 aliphatic rings. The minimum Gasteiger partial charge on any atom is -0.493 e. The number of aliphatic hydroxyl groups is 1. The Morgan fingerprint density at radius 3 is 2.69 bits per heavy atom. The maximum atomic E-state index is 12.8. The zero-order valence-corrected chi connectivity index (χ0v) is 16.3. The summed E-state index contributed by atoms with van der Waals surface area (Å²) in [7, 11) is 3.12. The number of carbonyl (C=O) groups excluding carboxylic acids is 1. The first-order chi connectivity index (χ1) is 14.1. The molecule has 1 fully saturated rings. The fourth-order valence-electron chi connectivity index (χ4n) is 3.50. The molecule has 8 heteroatoms. The monoisotopic (exact) mass is 397 g/mol. The second-order valence-electron chi connectivity index (χ2n) is 6.88. The number of amides is 1. The zero-order chi connectivity index (χ0) is 20.4. The van der Waals surface area contributed by atoms with Gasteiger partial charge in [-0.1, -0.05) is 12.1 Å². The molecule has 2 N–H and O–H groups in total. The molecule has 0 spiro atoms.